The van der Waals surface area contributed by atoms with Gasteiger partial charge in [0.2, 0.25) is 0 Å². The molecule has 0 aliphatic carbocycles. The Balaban J connectivity index is 1.84. The quantitative estimate of drug-likeness (QED) is 0.479. The number of esters is 1. The van der Waals surface area contributed by atoms with Crippen LogP contribution in [0.1, 0.15) is 30.9 Å². The van der Waals surface area contributed by atoms with Crippen LogP contribution in [-0.2, 0) is 20.7 Å². The van der Waals surface area contributed by atoms with E-state index in [9.17, 15) is 9.59 Å². The Kier molecular flexibility index (Phi) is 8.76. The van der Waals surface area contributed by atoms with Crippen LogP contribution in [-0.4, -0.2) is 32.7 Å². The molecule has 0 bridgehead atoms. The smallest absolute Gasteiger partial charge is 0.331 e. The van der Waals surface area contributed by atoms with Crippen molar-refractivity contribution >= 4 is 23.6 Å². The van der Waals surface area contributed by atoms with Crippen molar-refractivity contribution in [3.05, 3.63) is 59.7 Å². The predicted molar refractivity (Wildman–Crippen MR) is 113 cm³/mol. The summed E-state index contributed by atoms with van der Waals surface area (Å²) in [5.41, 5.74) is 2.56. The minimum atomic E-state index is -0.625. The maximum atomic E-state index is 12.0. The van der Waals surface area contributed by atoms with Crippen LogP contribution in [0.15, 0.2) is 48.5 Å². The highest BCUT2D eigenvalue weighted by atomic mass is 16.5. The lowest BCUT2D eigenvalue weighted by Gasteiger charge is -2.09. The van der Waals surface area contributed by atoms with E-state index in [1.54, 1.807) is 24.3 Å². The number of para-hydroxylation sites is 1. The first kappa shape index (κ1) is 22.0. The number of rotatable bonds is 10. The Labute approximate surface area is 171 Å². The molecule has 0 fully saturated rings. The average molecular weight is 397 g/mol. The molecule has 0 aromatic heterocycles. The minimum absolute atomic E-state index is 0.365. The molecule has 0 aliphatic heterocycles. The van der Waals surface area contributed by atoms with Crippen molar-refractivity contribution in [2.45, 2.75) is 26.2 Å². The molecule has 2 rings (SSSR count). The molecule has 0 aliphatic rings. The fraction of sp³-hybridized carbons (Fsp3) is 0.304. The van der Waals surface area contributed by atoms with Crippen LogP contribution in [0.5, 0.6) is 11.5 Å². The largest absolute Gasteiger partial charge is 0.493 e. The van der Waals surface area contributed by atoms with Crippen molar-refractivity contribution in [3.63, 3.8) is 0 Å². The van der Waals surface area contributed by atoms with Crippen molar-refractivity contribution in [2.75, 3.05) is 26.1 Å². The number of hydrogen-bond donors (Lipinski definition) is 1. The minimum Gasteiger partial charge on any atom is -0.493 e. The third-order valence-corrected chi connectivity index (χ3v) is 4.23. The van der Waals surface area contributed by atoms with Crippen molar-refractivity contribution in [1.82, 2.24) is 0 Å². The zero-order valence-electron chi connectivity index (χ0n) is 17.1. The van der Waals surface area contributed by atoms with Crippen LogP contribution >= 0.6 is 0 Å². The lowest BCUT2D eigenvalue weighted by molar-refractivity contribution is -0.142. The third-order valence-electron chi connectivity index (χ3n) is 4.23. The second-order valence-electron chi connectivity index (χ2n) is 6.37. The standard InChI is InChI=1S/C23H27NO5/c1-4-5-7-17-10-13-19(14-11-17)24-21(25)16-29-22(26)15-12-18-8-6-9-20(27-2)23(18)28-3/h6,8-15H,4-5,7,16H2,1-3H3,(H,24,25). The van der Waals surface area contributed by atoms with E-state index in [0.29, 0.717) is 22.7 Å². The van der Waals surface area contributed by atoms with Crippen LogP contribution in [0.2, 0.25) is 0 Å². The molecule has 6 heteroatoms. The summed E-state index contributed by atoms with van der Waals surface area (Å²) in [5.74, 6) is 0.0502. The van der Waals surface area contributed by atoms with Crippen molar-refractivity contribution in [1.29, 1.82) is 0 Å². The highest BCUT2D eigenvalue weighted by Gasteiger charge is 2.09. The molecule has 0 saturated heterocycles. The summed E-state index contributed by atoms with van der Waals surface area (Å²) < 4.78 is 15.5. The Morgan fingerprint density at radius 3 is 2.45 bits per heavy atom. The molecule has 1 N–H and O–H groups in total. The molecule has 6 nitrogen and oxygen atoms in total. The van der Waals surface area contributed by atoms with E-state index >= 15 is 0 Å². The zero-order chi connectivity index (χ0) is 21.1. The number of aryl methyl sites for hydroxylation is 1. The van der Waals surface area contributed by atoms with Gasteiger partial charge in [0, 0.05) is 17.3 Å². The van der Waals surface area contributed by atoms with Gasteiger partial charge < -0.3 is 19.5 Å². The van der Waals surface area contributed by atoms with E-state index in [2.05, 4.69) is 12.2 Å². The molecule has 0 radical (unpaired) electrons. The number of methoxy groups -OCH3 is 2. The number of anilines is 1. The Morgan fingerprint density at radius 2 is 1.79 bits per heavy atom. The molecule has 2 aromatic rings. The Hall–Kier alpha value is -3.28. The molecule has 0 atom stereocenters. The van der Waals surface area contributed by atoms with Gasteiger partial charge in [-0.15, -0.1) is 0 Å². The van der Waals surface area contributed by atoms with Crippen LogP contribution in [0, 0.1) is 0 Å². The van der Waals surface area contributed by atoms with E-state index in [-0.39, 0.29) is 6.61 Å². The summed E-state index contributed by atoms with van der Waals surface area (Å²) in [7, 11) is 3.06. The fourth-order valence-electron chi connectivity index (χ4n) is 2.72. The van der Waals surface area contributed by atoms with E-state index in [4.69, 9.17) is 14.2 Å². The molecule has 1 amide bonds. The number of hydrogen-bond acceptors (Lipinski definition) is 5. The van der Waals surface area contributed by atoms with Gasteiger partial charge in [0.1, 0.15) is 0 Å². The first-order valence-electron chi connectivity index (χ1n) is 9.52. The molecule has 2 aromatic carbocycles. The van der Waals surface area contributed by atoms with Gasteiger partial charge in [0.15, 0.2) is 18.1 Å². The van der Waals surface area contributed by atoms with Gasteiger partial charge >= 0.3 is 5.97 Å². The van der Waals surface area contributed by atoms with Crippen LogP contribution in [0.25, 0.3) is 6.08 Å². The van der Waals surface area contributed by atoms with E-state index in [1.807, 2.05) is 24.3 Å². The lowest BCUT2D eigenvalue weighted by Crippen LogP contribution is -2.20. The summed E-state index contributed by atoms with van der Waals surface area (Å²) >= 11 is 0. The second-order valence-corrected chi connectivity index (χ2v) is 6.37. The number of carbonyl (C=O) groups is 2. The topological polar surface area (TPSA) is 73.9 Å². The van der Waals surface area contributed by atoms with Gasteiger partial charge in [-0.25, -0.2) is 4.79 Å². The summed E-state index contributed by atoms with van der Waals surface area (Å²) in [6, 6.07) is 13.0. The van der Waals surface area contributed by atoms with Gasteiger partial charge in [-0.1, -0.05) is 37.6 Å². The molecule has 0 heterocycles. The Morgan fingerprint density at radius 1 is 1.03 bits per heavy atom. The van der Waals surface area contributed by atoms with Gasteiger partial charge in [-0.05, 0) is 42.7 Å². The molecule has 154 valence electrons. The maximum absolute atomic E-state index is 12.0. The highest BCUT2D eigenvalue weighted by Crippen LogP contribution is 2.31. The first-order chi connectivity index (χ1) is 14.1. The van der Waals surface area contributed by atoms with Gasteiger partial charge in [-0.2, -0.15) is 0 Å². The number of unbranched alkanes of at least 4 members (excludes halogenated alkanes) is 1. The Bertz CT molecular complexity index is 843. The first-order valence-corrected chi connectivity index (χ1v) is 9.52. The summed E-state index contributed by atoms with van der Waals surface area (Å²) in [4.78, 5) is 23.9. The maximum Gasteiger partial charge on any atom is 0.331 e. The van der Waals surface area contributed by atoms with E-state index in [0.717, 1.165) is 19.3 Å². The molecule has 0 spiro atoms. The number of ether oxygens (including phenoxy) is 3. The van der Waals surface area contributed by atoms with Crippen LogP contribution in [0.4, 0.5) is 5.69 Å². The highest BCUT2D eigenvalue weighted by molar-refractivity contribution is 5.94. The molecule has 0 unspecified atom stereocenters. The lowest BCUT2D eigenvalue weighted by atomic mass is 10.1. The van der Waals surface area contributed by atoms with Gasteiger partial charge in [-0.3, -0.25) is 4.79 Å². The molecular formula is C23H27NO5. The third kappa shape index (κ3) is 6.99. The fourth-order valence-corrected chi connectivity index (χ4v) is 2.72. The van der Waals surface area contributed by atoms with Crippen LogP contribution in [0.3, 0.4) is 0 Å². The van der Waals surface area contributed by atoms with E-state index < -0.39 is 11.9 Å². The zero-order valence-corrected chi connectivity index (χ0v) is 17.1. The number of nitrogens with one attached hydrogen (secondary N) is 1. The molecule has 29 heavy (non-hydrogen) atoms. The normalized spacial score (nSPS) is 10.6. The second kappa shape index (κ2) is 11.5. The monoisotopic (exact) mass is 397 g/mol. The number of amides is 1. The van der Waals surface area contributed by atoms with Gasteiger partial charge in [0.05, 0.1) is 14.2 Å². The number of benzene rings is 2. The van der Waals surface area contributed by atoms with Crippen LogP contribution < -0.4 is 14.8 Å². The van der Waals surface area contributed by atoms with Crippen molar-refractivity contribution < 1.29 is 23.8 Å². The molecular weight excluding hydrogens is 370 g/mol. The summed E-state index contributed by atoms with van der Waals surface area (Å²) in [6.45, 7) is 1.79. The summed E-state index contributed by atoms with van der Waals surface area (Å²) in [5, 5.41) is 2.71. The van der Waals surface area contributed by atoms with Crippen molar-refractivity contribution in [2.24, 2.45) is 0 Å². The van der Waals surface area contributed by atoms with Crippen molar-refractivity contribution in [3.8, 4) is 11.5 Å². The van der Waals surface area contributed by atoms with Gasteiger partial charge in [0.25, 0.3) is 5.91 Å². The molecule has 0 saturated carbocycles. The average Bonchev–Trinajstić information content (AvgIpc) is 2.75. The predicted octanol–water partition coefficient (Wildman–Crippen LogP) is 4.24. The number of carbonyl (C=O) groups excluding carboxylic acids is 2. The van der Waals surface area contributed by atoms with E-state index in [1.165, 1.54) is 25.9 Å². The SMILES string of the molecule is CCCCc1ccc(NC(=O)COC(=O)C=Cc2cccc(OC)c2OC)cc1. The summed E-state index contributed by atoms with van der Waals surface area (Å²) in [6.07, 6.45) is 6.09.